The molecule has 2 atom stereocenters. The van der Waals surface area contributed by atoms with Crippen LogP contribution < -0.4 is 28.4 Å². The maximum atomic E-state index is 6.71. The molecule has 8 heteroatoms. The number of aryl methyl sites for hydroxylation is 2. The lowest BCUT2D eigenvalue weighted by atomic mass is 9.75. The van der Waals surface area contributed by atoms with Crippen molar-refractivity contribution in [2.45, 2.75) is 37.9 Å². The standard InChI is InChI=1S/C46H46O8/c1-47-29-17-9-27(10-18-29)37-39-31(49-3)21-13-25-15-23-33(51-5)41(35(25)39)43(45(37)53-7)44-42-34(52-6)24-16-26-14-22-32(50-4)40(36(26)42)38(46(44)54-8)28-11-19-30(48-2)20-12-28/h9-12,15-20,23-24,31-32H,13-14,21-22H2,1-8H3. The van der Waals surface area contributed by atoms with E-state index in [-0.39, 0.29) is 12.2 Å². The number of methoxy groups -OCH3 is 8. The van der Waals surface area contributed by atoms with E-state index in [4.69, 9.17) is 37.9 Å². The quantitative estimate of drug-likeness (QED) is 0.131. The molecule has 0 aromatic heterocycles. The second-order valence-electron chi connectivity index (χ2n) is 13.7. The Labute approximate surface area is 316 Å². The molecule has 0 radical (unpaired) electrons. The molecule has 278 valence electrons. The van der Waals surface area contributed by atoms with Crippen LogP contribution in [0.5, 0.6) is 34.5 Å². The van der Waals surface area contributed by atoms with Crippen molar-refractivity contribution < 1.29 is 37.9 Å². The number of rotatable bonds is 11. The zero-order chi connectivity index (χ0) is 37.7. The predicted molar refractivity (Wildman–Crippen MR) is 213 cm³/mol. The molecule has 0 bridgehead atoms. The predicted octanol–water partition coefficient (Wildman–Crippen LogP) is 10.3. The van der Waals surface area contributed by atoms with E-state index in [2.05, 4.69) is 48.5 Å². The molecule has 8 nitrogen and oxygen atoms in total. The van der Waals surface area contributed by atoms with Crippen molar-refractivity contribution in [2.75, 3.05) is 56.9 Å². The van der Waals surface area contributed by atoms with Crippen LogP contribution in [0.15, 0.2) is 72.8 Å². The van der Waals surface area contributed by atoms with E-state index in [9.17, 15) is 0 Å². The van der Waals surface area contributed by atoms with Crippen molar-refractivity contribution in [1.29, 1.82) is 0 Å². The minimum Gasteiger partial charge on any atom is -0.497 e. The van der Waals surface area contributed by atoms with Crippen LogP contribution in [0.2, 0.25) is 0 Å². The fourth-order valence-corrected chi connectivity index (χ4v) is 9.04. The lowest BCUT2D eigenvalue weighted by Crippen LogP contribution is -2.15. The molecule has 6 aromatic rings. The highest BCUT2D eigenvalue weighted by Gasteiger charge is 2.38. The lowest BCUT2D eigenvalue weighted by Gasteiger charge is -2.34. The topological polar surface area (TPSA) is 73.8 Å². The first kappa shape index (κ1) is 35.6. The monoisotopic (exact) mass is 726 g/mol. The summed E-state index contributed by atoms with van der Waals surface area (Å²) in [4.78, 5) is 0. The Morgan fingerprint density at radius 2 is 0.778 bits per heavy atom. The van der Waals surface area contributed by atoms with Crippen LogP contribution >= 0.6 is 0 Å². The third-order valence-corrected chi connectivity index (χ3v) is 11.4. The normalized spacial score (nSPS) is 16.0. The summed E-state index contributed by atoms with van der Waals surface area (Å²) in [5.74, 6) is 4.35. The molecule has 2 unspecified atom stereocenters. The zero-order valence-electron chi connectivity index (χ0n) is 32.2. The van der Waals surface area contributed by atoms with E-state index < -0.39 is 0 Å². The van der Waals surface area contributed by atoms with Crippen LogP contribution in [0.25, 0.3) is 54.9 Å². The third kappa shape index (κ3) is 5.34. The Morgan fingerprint density at radius 1 is 0.389 bits per heavy atom. The minimum atomic E-state index is -0.183. The van der Waals surface area contributed by atoms with Gasteiger partial charge < -0.3 is 37.9 Å². The van der Waals surface area contributed by atoms with Gasteiger partial charge in [0.15, 0.2) is 0 Å². The molecule has 0 saturated heterocycles. The fraction of sp³-hybridized carbons (Fsp3) is 0.304. The Morgan fingerprint density at radius 3 is 1.09 bits per heavy atom. The molecule has 0 spiro atoms. The molecule has 0 heterocycles. The van der Waals surface area contributed by atoms with Gasteiger partial charge in [-0.1, -0.05) is 36.4 Å². The molecular formula is C46H46O8. The maximum Gasteiger partial charge on any atom is 0.135 e. The molecule has 0 aliphatic heterocycles. The number of hydrogen-bond donors (Lipinski definition) is 0. The second-order valence-corrected chi connectivity index (χ2v) is 13.7. The molecule has 0 N–H and O–H groups in total. The molecule has 2 aliphatic carbocycles. The molecule has 54 heavy (non-hydrogen) atoms. The van der Waals surface area contributed by atoms with Crippen molar-refractivity contribution in [2.24, 2.45) is 0 Å². The van der Waals surface area contributed by atoms with Gasteiger partial charge in [-0.3, -0.25) is 0 Å². The van der Waals surface area contributed by atoms with Gasteiger partial charge in [-0.05, 0) is 95.1 Å². The number of ether oxygens (including phenoxy) is 8. The summed E-state index contributed by atoms with van der Waals surface area (Å²) < 4.78 is 49.8. The van der Waals surface area contributed by atoms with Crippen molar-refractivity contribution in [3.8, 4) is 67.9 Å². The summed E-state index contributed by atoms with van der Waals surface area (Å²) in [5, 5.41) is 4.05. The van der Waals surface area contributed by atoms with Gasteiger partial charge in [-0.15, -0.1) is 0 Å². The largest absolute Gasteiger partial charge is 0.497 e. The fourth-order valence-electron chi connectivity index (χ4n) is 9.04. The molecule has 0 amide bonds. The smallest absolute Gasteiger partial charge is 0.135 e. The van der Waals surface area contributed by atoms with Crippen molar-refractivity contribution >= 4 is 21.5 Å². The van der Waals surface area contributed by atoms with E-state index in [1.54, 1.807) is 56.9 Å². The van der Waals surface area contributed by atoms with E-state index in [0.29, 0.717) is 11.5 Å². The Bertz CT molecular complexity index is 2210. The van der Waals surface area contributed by atoms with Crippen molar-refractivity contribution in [3.63, 3.8) is 0 Å². The van der Waals surface area contributed by atoms with Crippen LogP contribution in [0.3, 0.4) is 0 Å². The number of benzene rings is 6. The van der Waals surface area contributed by atoms with Crippen LogP contribution in [-0.2, 0) is 22.3 Å². The highest BCUT2D eigenvalue weighted by molar-refractivity contribution is 6.20. The van der Waals surface area contributed by atoms with E-state index in [1.807, 2.05) is 24.3 Å². The average Bonchev–Trinajstić information content (AvgIpc) is 3.23. The first-order chi connectivity index (χ1) is 26.5. The van der Waals surface area contributed by atoms with E-state index in [1.165, 1.54) is 11.1 Å². The molecule has 2 aliphatic rings. The van der Waals surface area contributed by atoms with Gasteiger partial charge in [-0.25, -0.2) is 0 Å². The Kier molecular flexibility index (Phi) is 9.50. The van der Waals surface area contributed by atoms with Gasteiger partial charge >= 0.3 is 0 Å². The van der Waals surface area contributed by atoms with Gasteiger partial charge in [0.05, 0.1) is 54.9 Å². The molecule has 0 saturated carbocycles. The van der Waals surface area contributed by atoms with E-state index in [0.717, 1.165) is 115 Å². The van der Waals surface area contributed by atoms with Gasteiger partial charge in [0, 0.05) is 58.4 Å². The van der Waals surface area contributed by atoms with Crippen LogP contribution in [0.1, 0.15) is 47.3 Å². The molecule has 6 aromatic carbocycles. The zero-order valence-corrected chi connectivity index (χ0v) is 32.2. The molecule has 8 rings (SSSR count). The van der Waals surface area contributed by atoms with Gasteiger partial charge in [0.2, 0.25) is 0 Å². The van der Waals surface area contributed by atoms with Crippen molar-refractivity contribution in [3.05, 3.63) is 95.1 Å². The number of hydrogen-bond acceptors (Lipinski definition) is 8. The summed E-state index contributed by atoms with van der Waals surface area (Å²) in [5.41, 5.74) is 10.1. The summed E-state index contributed by atoms with van der Waals surface area (Å²) in [6.45, 7) is 0. The highest BCUT2D eigenvalue weighted by atomic mass is 16.5. The summed E-state index contributed by atoms with van der Waals surface area (Å²) in [7, 11) is 13.9. The first-order valence-corrected chi connectivity index (χ1v) is 18.3. The maximum absolute atomic E-state index is 6.71. The Hall–Kier alpha value is -5.44. The first-order valence-electron chi connectivity index (χ1n) is 18.3. The molecular weight excluding hydrogens is 680 g/mol. The SMILES string of the molecule is COc1ccc(-c2c(OC)c(-c3c(OC)c(-c4ccc(OC)cc4)c4c5c(ccc(OC)c35)CCC4OC)c3c(OC)ccc4c3c2C(OC)CC4)cc1. The summed E-state index contributed by atoms with van der Waals surface area (Å²) in [6, 6.07) is 24.8. The minimum absolute atomic E-state index is 0.183. The van der Waals surface area contributed by atoms with Crippen molar-refractivity contribution in [1.82, 2.24) is 0 Å². The molecule has 0 fully saturated rings. The summed E-state index contributed by atoms with van der Waals surface area (Å²) >= 11 is 0. The Balaban J connectivity index is 1.67. The van der Waals surface area contributed by atoms with Crippen LogP contribution in [-0.4, -0.2) is 56.9 Å². The van der Waals surface area contributed by atoms with Crippen LogP contribution in [0, 0.1) is 0 Å². The van der Waals surface area contributed by atoms with E-state index >= 15 is 0 Å². The summed E-state index contributed by atoms with van der Waals surface area (Å²) in [6.07, 6.45) is 2.98. The van der Waals surface area contributed by atoms with Gasteiger partial charge in [0.25, 0.3) is 0 Å². The van der Waals surface area contributed by atoms with Gasteiger partial charge in [-0.2, -0.15) is 0 Å². The third-order valence-electron chi connectivity index (χ3n) is 11.4. The lowest BCUT2D eigenvalue weighted by molar-refractivity contribution is 0.0953. The van der Waals surface area contributed by atoms with Gasteiger partial charge in [0.1, 0.15) is 34.5 Å². The highest BCUT2D eigenvalue weighted by Crippen LogP contribution is 2.61. The van der Waals surface area contributed by atoms with Crippen LogP contribution in [0.4, 0.5) is 0 Å². The average molecular weight is 727 g/mol. The second kappa shape index (κ2) is 14.4.